The minimum atomic E-state index is -0.115. The Hall–Kier alpha value is -2.80. The van der Waals surface area contributed by atoms with Gasteiger partial charge in [0.2, 0.25) is 0 Å². The minimum absolute atomic E-state index is 0.115. The molecule has 0 aliphatic heterocycles. The number of nitriles is 1. The van der Waals surface area contributed by atoms with Gasteiger partial charge in [0.05, 0.1) is 17.2 Å². The van der Waals surface area contributed by atoms with Crippen molar-refractivity contribution in [3.05, 3.63) is 53.6 Å². The summed E-state index contributed by atoms with van der Waals surface area (Å²) in [6.07, 6.45) is 0. The minimum Gasteiger partial charge on any atom is -0.457 e. The van der Waals surface area contributed by atoms with E-state index in [1.807, 2.05) is 6.07 Å². The zero-order valence-electron chi connectivity index (χ0n) is 10.4. The molecule has 2 N–H and O–H groups in total. The molecule has 0 unspecified atom stereocenters. The zero-order valence-corrected chi connectivity index (χ0v) is 10.4. The van der Waals surface area contributed by atoms with Crippen LogP contribution in [0.2, 0.25) is 0 Å². The summed E-state index contributed by atoms with van der Waals surface area (Å²) in [5.74, 6) is 0.897. The Morgan fingerprint density at radius 2 is 1.89 bits per heavy atom. The number of hydrogen-bond donors (Lipinski definition) is 1. The first-order chi connectivity index (χ1) is 9.10. The van der Waals surface area contributed by atoms with Gasteiger partial charge in [-0.1, -0.05) is 0 Å². The number of nitrogens with zero attached hydrogens (tertiary/aromatic N) is 1. The zero-order chi connectivity index (χ0) is 13.8. The number of ether oxygens (including phenoxy) is 1. The topological polar surface area (TPSA) is 76.1 Å². The Labute approximate surface area is 111 Å². The summed E-state index contributed by atoms with van der Waals surface area (Å²) in [7, 11) is 0. The van der Waals surface area contributed by atoms with E-state index < -0.39 is 0 Å². The highest BCUT2D eigenvalue weighted by atomic mass is 16.5. The van der Waals surface area contributed by atoms with Gasteiger partial charge >= 0.3 is 0 Å². The molecule has 2 rings (SSSR count). The summed E-state index contributed by atoms with van der Waals surface area (Å²) in [6, 6.07) is 13.6. The van der Waals surface area contributed by atoms with Crippen LogP contribution in [-0.2, 0) is 0 Å². The first kappa shape index (κ1) is 12.7. The molecule has 0 amide bonds. The average molecular weight is 252 g/mol. The van der Waals surface area contributed by atoms with Crippen LogP contribution in [0.3, 0.4) is 0 Å². The van der Waals surface area contributed by atoms with Crippen molar-refractivity contribution in [2.75, 3.05) is 5.73 Å². The number of carbonyl (C=O) groups is 1. The predicted molar refractivity (Wildman–Crippen MR) is 72.1 cm³/mol. The van der Waals surface area contributed by atoms with Crippen molar-refractivity contribution >= 4 is 11.5 Å². The number of nitrogens with two attached hydrogens (primary N) is 1. The van der Waals surface area contributed by atoms with Crippen LogP contribution in [0, 0.1) is 11.3 Å². The van der Waals surface area contributed by atoms with Crippen molar-refractivity contribution in [2.45, 2.75) is 6.92 Å². The van der Waals surface area contributed by atoms with Crippen LogP contribution in [0.5, 0.6) is 11.5 Å². The fourth-order valence-electron chi connectivity index (χ4n) is 1.64. The molecule has 0 atom stereocenters. The van der Waals surface area contributed by atoms with Gasteiger partial charge in [-0.3, -0.25) is 4.79 Å². The SMILES string of the molecule is CC(=O)c1cc(N)ccc1Oc1ccc(C#N)cc1. The molecule has 0 aliphatic rings. The molecule has 0 saturated carbocycles. The van der Waals surface area contributed by atoms with Crippen LogP contribution in [0.4, 0.5) is 5.69 Å². The van der Waals surface area contributed by atoms with Crippen LogP contribution in [-0.4, -0.2) is 5.78 Å². The molecule has 2 aromatic rings. The molecule has 0 saturated heterocycles. The maximum atomic E-state index is 11.5. The maximum Gasteiger partial charge on any atom is 0.163 e. The lowest BCUT2D eigenvalue weighted by molar-refractivity contribution is 0.101. The van der Waals surface area contributed by atoms with E-state index in [0.717, 1.165) is 0 Å². The number of carbonyl (C=O) groups excluding carboxylic acids is 1. The van der Waals surface area contributed by atoms with E-state index in [0.29, 0.717) is 28.3 Å². The van der Waals surface area contributed by atoms with Gasteiger partial charge in [0, 0.05) is 5.69 Å². The van der Waals surface area contributed by atoms with Crippen LogP contribution < -0.4 is 10.5 Å². The lowest BCUT2D eigenvalue weighted by Gasteiger charge is -2.10. The Morgan fingerprint density at radius 1 is 1.21 bits per heavy atom. The van der Waals surface area contributed by atoms with Crippen molar-refractivity contribution in [1.82, 2.24) is 0 Å². The molecule has 2 aromatic carbocycles. The number of rotatable bonds is 3. The van der Waals surface area contributed by atoms with E-state index in [2.05, 4.69) is 0 Å². The summed E-state index contributed by atoms with van der Waals surface area (Å²) in [5, 5.41) is 8.72. The highest BCUT2D eigenvalue weighted by Gasteiger charge is 2.10. The molecule has 0 radical (unpaired) electrons. The number of ketones is 1. The highest BCUT2D eigenvalue weighted by molar-refractivity contribution is 5.97. The maximum absolute atomic E-state index is 11.5. The molecule has 0 spiro atoms. The third-order valence-corrected chi connectivity index (χ3v) is 2.59. The number of anilines is 1. The molecule has 0 aromatic heterocycles. The van der Waals surface area contributed by atoms with Crippen molar-refractivity contribution < 1.29 is 9.53 Å². The smallest absolute Gasteiger partial charge is 0.163 e. The summed E-state index contributed by atoms with van der Waals surface area (Å²) in [4.78, 5) is 11.5. The van der Waals surface area contributed by atoms with Gasteiger partial charge in [0.15, 0.2) is 5.78 Å². The van der Waals surface area contributed by atoms with Gasteiger partial charge in [-0.2, -0.15) is 5.26 Å². The van der Waals surface area contributed by atoms with E-state index in [1.54, 1.807) is 42.5 Å². The summed E-state index contributed by atoms with van der Waals surface area (Å²) < 4.78 is 5.64. The second kappa shape index (κ2) is 5.23. The van der Waals surface area contributed by atoms with Gasteiger partial charge in [-0.15, -0.1) is 0 Å². The molecular formula is C15H12N2O2. The second-order valence-electron chi connectivity index (χ2n) is 4.05. The Morgan fingerprint density at radius 3 is 2.47 bits per heavy atom. The van der Waals surface area contributed by atoms with Gasteiger partial charge < -0.3 is 10.5 Å². The first-order valence-corrected chi connectivity index (χ1v) is 5.68. The van der Waals surface area contributed by atoms with Crippen molar-refractivity contribution in [3.63, 3.8) is 0 Å². The molecule has 19 heavy (non-hydrogen) atoms. The van der Waals surface area contributed by atoms with Crippen molar-refractivity contribution in [1.29, 1.82) is 5.26 Å². The van der Waals surface area contributed by atoms with Crippen LogP contribution in [0.25, 0.3) is 0 Å². The third-order valence-electron chi connectivity index (χ3n) is 2.59. The second-order valence-corrected chi connectivity index (χ2v) is 4.05. The summed E-state index contributed by atoms with van der Waals surface area (Å²) >= 11 is 0. The molecular weight excluding hydrogens is 240 g/mol. The average Bonchev–Trinajstić information content (AvgIpc) is 2.41. The molecule has 0 heterocycles. The Bertz CT molecular complexity index is 655. The van der Waals surface area contributed by atoms with Crippen LogP contribution in [0.1, 0.15) is 22.8 Å². The number of hydrogen-bond acceptors (Lipinski definition) is 4. The number of benzene rings is 2. The molecule has 0 aliphatic carbocycles. The van der Waals surface area contributed by atoms with Crippen molar-refractivity contribution in [2.24, 2.45) is 0 Å². The monoisotopic (exact) mass is 252 g/mol. The molecule has 94 valence electrons. The normalized spacial score (nSPS) is 9.68. The van der Waals surface area contributed by atoms with Gasteiger partial charge in [-0.05, 0) is 49.4 Å². The molecule has 0 fully saturated rings. The lowest BCUT2D eigenvalue weighted by Crippen LogP contribution is -1.99. The van der Waals surface area contributed by atoms with Crippen LogP contribution >= 0.6 is 0 Å². The number of Topliss-reactive ketones (excluding diaryl/α,β-unsaturated/α-hetero) is 1. The van der Waals surface area contributed by atoms with E-state index in [-0.39, 0.29) is 5.78 Å². The highest BCUT2D eigenvalue weighted by Crippen LogP contribution is 2.27. The largest absolute Gasteiger partial charge is 0.457 e. The van der Waals surface area contributed by atoms with E-state index in [4.69, 9.17) is 15.7 Å². The van der Waals surface area contributed by atoms with E-state index >= 15 is 0 Å². The Kier molecular flexibility index (Phi) is 3.48. The Balaban J connectivity index is 2.32. The van der Waals surface area contributed by atoms with Crippen molar-refractivity contribution in [3.8, 4) is 17.6 Å². The molecule has 4 heteroatoms. The first-order valence-electron chi connectivity index (χ1n) is 5.68. The molecule has 4 nitrogen and oxygen atoms in total. The van der Waals surface area contributed by atoms with E-state index in [1.165, 1.54) is 6.92 Å². The predicted octanol–water partition coefficient (Wildman–Crippen LogP) is 3.14. The summed E-state index contributed by atoms with van der Waals surface area (Å²) in [5.41, 5.74) is 7.15. The van der Waals surface area contributed by atoms with E-state index in [9.17, 15) is 4.79 Å². The quantitative estimate of drug-likeness (QED) is 0.672. The van der Waals surface area contributed by atoms with Gasteiger partial charge in [0.1, 0.15) is 11.5 Å². The third kappa shape index (κ3) is 2.90. The fourth-order valence-corrected chi connectivity index (χ4v) is 1.64. The lowest BCUT2D eigenvalue weighted by atomic mass is 10.1. The molecule has 0 bridgehead atoms. The number of nitrogen functional groups attached to an aromatic ring is 1. The summed E-state index contributed by atoms with van der Waals surface area (Å²) in [6.45, 7) is 1.46. The fraction of sp³-hybridized carbons (Fsp3) is 0.0667. The standard InChI is InChI=1S/C15H12N2O2/c1-10(18)14-8-12(17)4-7-15(14)19-13-5-2-11(9-16)3-6-13/h2-8H,17H2,1H3. The van der Waals surface area contributed by atoms with Crippen LogP contribution in [0.15, 0.2) is 42.5 Å². The van der Waals surface area contributed by atoms with Gasteiger partial charge in [-0.25, -0.2) is 0 Å². The van der Waals surface area contributed by atoms with Gasteiger partial charge in [0.25, 0.3) is 0 Å².